The molecule has 19 rings (SSSR count). The lowest BCUT2D eigenvalue weighted by Crippen LogP contribution is -2.08. The van der Waals surface area contributed by atoms with E-state index in [2.05, 4.69) is 36.1 Å². The van der Waals surface area contributed by atoms with Gasteiger partial charge in [-0.1, -0.05) is 277 Å². The van der Waals surface area contributed by atoms with Crippen LogP contribution in [0, 0.1) is 62.3 Å². The van der Waals surface area contributed by atoms with E-state index >= 15 is 0 Å². The maximum atomic E-state index is 7.41. The number of rotatable bonds is 30. The van der Waals surface area contributed by atoms with Gasteiger partial charge in [-0.15, -0.1) is 36.1 Å². The average molecular weight is 2380 g/mol. The maximum absolute atomic E-state index is 7.41. The van der Waals surface area contributed by atoms with Gasteiger partial charge < -0.3 is 67.9 Å². The Balaban J connectivity index is 0.000000142. The molecule has 15 aromatic carbocycles. The molecule has 0 bridgehead atoms. The van der Waals surface area contributed by atoms with Crippen molar-refractivity contribution in [3.05, 3.63) is 450 Å². The van der Waals surface area contributed by atoms with Crippen molar-refractivity contribution in [2.45, 2.75) is 62.3 Å². The Bertz CT molecular complexity index is 7250. The fraction of sp³-hybridized carbons (Fsp3) is 0.0909. The van der Waals surface area contributed by atoms with Gasteiger partial charge in [0.05, 0.1) is 0 Å². The molecule has 0 aliphatic carbocycles. The third kappa shape index (κ3) is 32.6. The molecule has 0 fully saturated rings. The van der Waals surface area contributed by atoms with Crippen LogP contribution in [0.5, 0.6) is 86.2 Å². The number of halogens is 9. The topological polar surface area (TPSA) is 287 Å². The number of hydrogen-bond acceptors (Lipinski definition) is 27. The molecule has 4 aliphatic heterocycles. The Morgan fingerprint density at radius 3 is 0.429 bits per heavy atom. The minimum atomic E-state index is -3.80. The van der Waals surface area contributed by atoms with Gasteiger partial charge >= 0.3 is 66.3 Å². The lowest BCUT2D eigenvalue weighted by Gasteiger charge is -2.31. The number of hydrogen-bond donors (Lipinski definition) is 0. The summed E-state index contributed by atoms with van der Waals surface area (Å²) in [6.07, 6.45) is 0. The summed E-state index contributed by atoms with van der Waals surface area (Å²) < 4.78 is 151. The quantitative estimate of drug-likeness (QED) is 0.0378. The van der Waals surface area contributed by atoms with Gasteiger partial charge in [-0.3, -0.25) is 0 Å². The summed E-state index contributed by atoms with van der Waals surface area (Å²) in [5, 5.41) is 0. The van der Waals surface area contributed by atoms with Gasteiger partial charge in [0.15, 0.2) is 0 Å². The average Bonchev–Trinajstić information content (AvgIpc) is 0.740. The summed E-state index contributed by atoms with van der Waals surface area (Å²) in [6, 6.07) is 121. The van der Waals surface area contributed by atoms with Crippen molar-refractivity contribution in [3.8, 4) is 86.2 Å². The normalized spacial score (nSPS) is 18.8. The smallest absolute Gasteiger partial charge is 0.431 e. The van der Waals surface area contributed by atoms with Crippen molar-refractivity contribution in [1.29, 1.82) is 0 Å². The van der Waals surface area contributed by atoms with Crippen molar-refractivity contribution in [1.82, 2.24) is 0 Å². The first-order valence-corrected chi connectivity index (χ1v) is 71.7. The van der Waals surface area contributed by atoms with E-state index < -0.39 is 84.0 Å². The van der Waals surface area contributed by atoms with Crippen LogP contribution >= 0.6 is 185 Å². The van der Waals surface area contributed by atoms with Crippen LogP contribution in [0.4, 0.5) is 0 Å². The third-order valence-electron chi connectivity index (χ3n) is 19.7. The van der Waals surface area contributed by atoms with Crippen molar-refractivity contribution >= 4 is 185 Å². The van der Waals surface area contributed by atoms with E-state index in [9.17, 15) is 0 Å². The molecule has 0 spiro atoms. The molecule has 762 valence electrons. The second kappa shape index (κ2) is 48.5. The van der Waals surface area contributed by atoms with Gasteiger partial charge in [-0.25, -0.2) is 0 Å². The molecule has 4 aliphatic rings. The van der Waals surface area contributed by atoms with E-state index in [1.807, 2.05) is 366 Å². The van der Waals surface area contributed by atoms with Gasteiger partial charge in [0.1, 0.15) is 86.2 Å². The summed E-state index contributed by atoms with van der Waals surface area (Å²) in [4.78, 5) is 0. The highest BCUT2D eigenvalue weighted by molar-refractivity contribution is 8.16. The molecule has 3 atom stereocenters. The summed E-state index contributed by atoms with van der Waals surface area (Å²) in [5.74, 6) is -2.87. The van der Waals surface area contributed by atoms with Crippen molar-refractivity contribution < 1.29 is 67.9 Å². The van der Waals surface area contributed by atoms with E-state index in [-0.39, 0.29) is 0 Å². The first-order chi connectivity index (χ1) is 70.2. The summed E-state index contributed by atoms with van der Waals surface area (Å²) in [7, 11) is -21.9. The molecule has 147 heavy (non-hydrogen) atoms. The SMILES string of the molecule is Cc1ccc(OP2(Cl)=NP(Oc3ccc(C)cc3)(Oc3ccc(C)cc3)=NP(Oc3ccc(C)cc3)(Oc3ccc(C)cc3)=N2)cc1.Cc1ccc(OP2(Oc3ccc(C)cc3)=NP(Cl)(Cl)=NP(Oc3ccc(C)cc3)(Oc3ccc(C)cc3)=N2)cc1.ClP1(Cl)=NP(Oc2ccccc2)(Oc2ccccc2)=NP(Cl)(Oc2ccccc2)=N1.ClP1(Cl)=NP(Oc2ccccc2)(Oc2ccccc2)=NP(Cl)(Oc2ccccc2)=N1. The number of aryl methyl sites for hydroxylation is 9. The number of benzene rings is 15. The zero-order chi connectivity index (χ0) is 104. The number of para-hydroxylation sites is 6. The molecule has 15 aromatic rings. The van der Waals surface area contributed by atoms with Crippen molar-refractivity contribution in [3.63, 3.8) is 0 Å². The molecule has 0 radical (unpaired) electrons. The van der Waals surface area contributed by atoms with Crippen LogP contribution < -0.4 is 67.9 Å². The van der Waals surface area contributed by atoms with Gasteiger partial charge in [0.2, 0.25) is 0 Å². The Morgan fingerprint density at radius 1 is 0.122 bits per heavy atom. The fourth-order valence-electron chi connectivity index (χ4n) is 12.9. The van der Waals surface area contributed by atoms with Crippen molar-refractivity contribution in [2.75, 3.05) is 0 Å². The van der Waals surface area contributed by atoms with Gasteiger partial charge in [-0.2, -0.15) is 9.03 Å². The first kappa shape index (κ1) is 110. The molecule has 0 N–H and O–H groups in total. The molecule has 48 heteroatoms. The van der Waals surface area contributed by atoms with E-state index in [4.69, 9.17) is 187 Å². The minimum absolute atomic E-state index is 0.473. The van der Waals surface area contributed by atoms with Crippen LogP contribution in [-0.4, -0.2) is 0 Å². The van der Waals surface area contributed by atoms with E-state index in [1.165, 1.54) is 0 Å². The summed E-state index contributed by atoms with van der Waals surface area (Å²) in [6.45, 7) is 7.45. The second-order valence-corrected chi connectivity index (χ2v) is 69.2. The van der Waals surface area contributed by atoms with E-state index in [0.29, 0.717) is 86.2 Å². The fourth-order valence-corrected chi connectivity index (χ4v) is 58.4. The standard InChI is InChI=1S/C35H35ClN3O5P3.C28H28Cl2N3O4P3.2C18H15Cl3N3O3P3/c1-26-6-16-31(17-7-26)40-45(36)37-46(41-32-18-8-27(2)9-19-32,42-33-20-10-28(3)11-21-33)39-47(38-45,43-34-22-12-29(4)13-23-34)44-35-24-14-30(5)15-25-35;1-21-5-13-25(14-6-21)34-39(35-26-15-7-22(2)8-16-26)31-38(29,30)32-40(33-39,36-27-17-9-23(3)10-18-27)37-28-19-11-24(4)12-20-28;2*19-28(20)22-29(21,25-16-10-4-1-5-11-16)24-30(23-28,26-17-12-6-2-7-13-17)27-18-14-8-3-9-15-18/h6-25H,1-5H3;5-20H,1-4H3;2*1-15H. The first-order valence-electron chi connectivity index (χ1n) is 44.5. The predicted octanol–water partition coefficient (Wildman–Crippen LogP) is 44.5. The van der Waals surface area contributed by atoms with Gasteiger partial charge in [-0.05, 0) is 345 Å². The van der Waals surface area contributed by atoms with Crippen LogP contribution in [0.1, 0.15) is 50.1 Å². The van der Waals surface area contributed by atoms with Crippen LogP contribution in [0.25, 0.3) is 0 Å². The highest BCUT2D eigenvalue weighted by Crippen LogP contribution is 2.87. The molecular weight excluding hydrogens is 2290 g/mol. The lowest BCUT2D eigenvalue weighted by atomic mass is 10.2. The maximum Gasteiger partial charge on any atom is 0.459 e. The van der Waals surface area contributed by atoms with Gasteiger partial charge in [0.25, 0.3) is 17.7 Å². The van der Waals surface area contributed by atoms with Crippen LogP contribution in [0.15, 0.2) is 455 Å². The molecular formula is C99H93Cl9N12O15P12. The zero-order valence-corrected chi connectivity index (χ0v) is 96.9. The Labute approximate surface area is 898 Å². The van der Waals surface area contributed by atoms with Gasteiger partial charge in [0, 0.05) is 0 Å². The summed E-state index contributed by atoms with van der Waals surface area (Å²) in [5.41, 5.74) is 9.57. The Hall–Kier alpha value is -9.33. The lowest BCUT2D eigenvalue weighted by molar-refractivity contribution is 0.457. The molecule has 27 nitrogen and oxygen atoms in total. The van der Waals surface area contributed by atoms with Crippen LogP contribution in [0.2, 0.25) is 0 Å². The Morgan fingerprint density at radius 2 is 0.245 bits per heavy atom. The minimum Gasteiger partial charge on any atom is -0.431 e. The van der Waals surface area contributed by atoms with Crippen LogP contribution in [-0.2, 0) is 0 Å². The summed E-state index contributed by atoms with van der Waals surface area (Å²) >= 11 is 60.3. The molecule has 0 saturated heterocycles. The third-order valence-corrected chi connectivity index (χ3v) is 59.3. The molecule has 0 saturated carbocycles. The van der Waals surface area contributed by atoms with Crippen LogP contribution in [0.3, 0.4) is 0 Å². The molecule has 0 amide bonds. The Kier molecular flexibility index (Phi) is 36.4. The predicted molar refractivity (Wildman–Crippen MR) is 614 cm³/mol. The second-order valence-electron chi connectivity index (χ2n) is 32.4. The largest absolute Gasteiger partial charge is 0.459 e. The van der Waals surface area contributed by atoms with Crippen molar-refractivity contribution in [2.24, 2.45) is 54.2 Å². The molecule has 3 unspecified atom stereocenters. The highest BCUT2D eigenvalue weighted by Gasteiger charge is 2.49. The monoisotopic (exact) mass is 2380 g/mol. The molecule has 4 heterocycles. The van der Waals surface area contributed by atoms with E-state index in [0.717, 1.165) is 50.1 Å². The molecule has 0 aromatic heterocycles. The van der Waals surface area contributed by atoms with E-state index in [1.54, 1.807) is 97.1 Å². The number of nitrogens with zero attached hydrogens (tertiary/aromatic N) is 12. The highest BCUT2D eigenvalue weighted by atomic mass is 35.9. The zero-order valence-electron chi connectivity index (χ0n) is 79.4.